The predicted molar refractivity (Wildman–Crippen MR) is 133 cm³/mol. The van der Waals surface area contributed by atoms with Gasteiger partial charge < -0.3 is 15.5 Å². The second-order valence-electron chi connectivity index (χ2n) is 9.40. The maximum absolute atomic E-state index is 13.5. The van der Waals surface area contributed by atoms with Crippen LogP contribution in [0.4, 0.5) is 32.4 Å². The third kappa shape index (κ3) is 6.79. The Morgan fingerprint density at radius 2 is 1.97 bits per heavy atom. The summed E-state index contributed by atoms with van der Waals surface area (Å²) in [5.74, 6) is 4.66. The molecule has 3 N–H and O–H groups in total. The number of fused-ring (bicyclic) bond motifs is 1. The Bertz CT molecular complexity index is 1240. The van der Waals surface area contributed by atoms with Crippen molar-refractivity contribution in [2.45, 2.75) is 77.9 Å². The fraction of sp³-hybridized carbons (Fsp3) is 0.480. The van der Waals surface area contributed by atoms with Gasteiger partial charge in [-0.05, 0) is 69.5 Å². The number of hydrogen-bond acceptors (Lipinski definition) is 5. The Morgan fingerprint density at radius 3 is 2.54 bits per heavy atom. The Labute approximate surface area is 222 Å². The van der Waals surface area contributed by atoms with Crippen LogP contribution in [0.3, 0.4) is 0 Å². The van der Waals surface area contributed by atoms with Gasteiger partial charge in [-0.2, -0.15) is 13.2 Å². The normalized spacial score (nSPS) is 17.6. The number of alkyl halides is 5. The zero-order valence-corrected chi connectivity index (χ0v) is 21.8. The van der Waals surface area contributed by atoms with E-state index in [9.17, 15) is 26.7 Å². The van der Waals surface area contributed by atoms with E-state index >= 15 is 0 Å². The number of benzene rings is 1. The Kier molecular flexibility index (Phi) is 9.07. The van der Waals surface area contributed by atoms with Crippen LogP contribution in [-0.4, -0.2) is 34.1 Å². The lowest BCUT2D eigenvalue weighted by Gasteiger charge is -2.43. The molecule has 1 aliphatic rings. The number of nitrogens with one attached hydrogen (secondary N) is 1. The molecular weight excluding hydrogens is 525 g/mol. The fourth-order valence-corrected chi connectivity index (χ4v) is 4.56. The van der Waals surface area contributed by atoms with Gasteiger partial charge in [-0.1, -0.05) is 17.3 Å². The van der Waals surface area contributed by atoms with Crippen LogP contribution in [0.5, 0.6) is 0 Å². The summed E-state index contributed by atoms with van der Waals surface area (Å²) in [5.41, 5.74) is -0.849. The number of anilines is 1. The highest BCUT2D eigenvalue weighted by Gasteiger charge is 2.41. The first-order chi connectivity index (χ1) is 18.3. The molecule has 2 atom stereocenters. The van der Waals surface area contributed by atoms with Gasteiger partial charge in [-0.3, -0.25) is 15.3 Å². The first-order valence-corrected chi connectivity index (χ1v) is 12.2. The lowest BCUT2D eigenvalue weighted by Crippen LogP contribution is -2.49. The van der Waals surface area contributed by atoms with E-state index in [0.717, 1.165) is 12.1 Å². The van der Waals surface area contributed by atoms with Crippen LogP contribution in [0.2, 0.25) is 0 Å². The molecule has 2 heterocycles. The lowest BCUT2D eigenvalue weighted by atomic mass is 9.91. The minimum absolute atomic E-state index is 0.124. The minimum atomic E-state index is -4.87. The SMILES string of the molecule is CCC1CC(N(Cc2cc(C(F)F)cc(C(F)(F)F)c2)C(=N)/N=N\N)c2nc(C)ccc2N1C(=O)OC(C)C. The molecule has 1 aromatic heterocycles. The number of hydrogen-bond donors (Lipinski definition) is 2. The summed E-state index contributed by atoms with van der Waals surface area (Å²) < 4.78 is 73.0. The Hall–Kier alpha value is -3.84. The van der Waals surface area contributed by atoms with E-state index in [4.69, 9.17) is 16.0 Å². The van der Waals surface area contributed by atoms with E-state index in [1.165, 1.54) is 9.80 Å². The molecule has 3 rings (SSSR count). The zero-order valence-electron chi connectivity index (χ0n) is 21.8. The monoisotopic (exact) mass is 555 g/mol. The number of nitrogens with zero attached hydrogens (tertiary/aromatic N) is 5. The van der Waals surface area contributed by atoms with Crippen LogP contribution in [0.25, 0.3) is 0 Å². The van der Waals surface area contributed by atoms with E-state index in [0.29, 0.717) is 29.6 Å². The number of halogens is 5. The molecule has 39 heavy (non-hydrogen) atoms. The Balaban J connectivity index is 2.16. The third-order valence-electron chi connectivity index (χ3n) is 6.23. The maximum atomic E-state index is 13.5. The van der Waals surface area contributed by atoms with Crippen LogP contribution in [0, 0.1) is 12.3 Å². The number of carbonyl (C=O) groups is 1. The molecule has 1 aliphatic heterocycles. The molecule has 0 fully saturated rings. The number of pyridine rings is 1. The van der Waals surface area contributed by atoms with Gasteiger partial charge in [0.1, 0.15) is 0 Å². The van der Waals surface area contributed by atoms with Crippen molar-refractivity contribution >= 4 is 17.7 Å². The van der Waals surface area contributed by atoms with Crippen LogP contribution in [0.1, 0.15) is 74.2 Å². The number of aryl methyl sites for hydroxylation is 1. The van der Waals surface area contributed by atoms with E-state index in [2.05, 4.69) is 15.3 Å². The van der Waals surface area contributed by atoms with Crippen LogP contribution in [0.15, 0.2) is 40.7 Å². The predicted octanol–water partition coefficient (Wildman–Crippen LogP) is 6.68. The third-order valence-corrected chi connectivity index (χ3v) is 6.23. The first kappa shape index (κ1) is 29.7. The summed E-state index contributed by atoms with van der Waals surface area (Å²) in [5, 5.41) is 15.2. The average Bonchev–Trinajstić information content (AvgIpc) is 2.85. The van der Waals surface area contributed by atoms with Gasteiger partial charge in [0.15, 0.2) is 0 Å². The molecule has 0 radical (unpaired) electrons. The maximum Gasteiger partial charge on any atom is 0.416 e. The summed E-state index contributed by atoms with van der Waals surface area (Å²) in [6.07, 6.45) is -8.34. The minimum Gasteiger partial charge on any atom is -0.446 e. The lowest BCUT2D eigenvalue weighted by molar-refractivity contribution is -0.137. The first-order valence-electron chi connectivity index (χ1n) is 12.2. The van der Waals surface area contributed by atoms with Crippen molar-refractivity contribution in [3.63, 3.8) is 0 Å². The molecular formula is C25H30F5N7O2. The second-order valence-corrected chi connectivity index (χ2v) is 9.40. The molecule has 212 valence electrons. The Morgan fingerprint density at radius 1 is 1.28 bits per heavy atom. The number of amides is 1. The number of carbonyl (C=O) groups excluding carboxylic acids is 1. The molecule has 1 aromatic carbocycles. The summed E-state index contributed by atoms with van der Waals surface area (Å²) in [6, 6.07) is 4.26. The van der Waals surface area contributed by atoms with Gasteiger partial charge in [0.25, 0.3) is 6.43 Å². The van der Waals surface area contributed by atoms with Gasteiger partial charge in [0.05, 0.1) is 29.1 Å². The van der Waals surface area contributed by atoms with Crippen molar-refractivity contribution in [3.8, 4) is 0 Å². The van der Waals surface area contributed by atoms with Crippen molar-refractivity contribution in [2.24, 2.45) is 16.2 Å². The van der Waals surface area contributed by atoms with Gasteiger partial charge in [0.2, 0.25) is 5.96 Å². The van der Waals surface area contributed by atoms with Gasteiger partial charge in [-0.15, -0.1) is 0 Å². The molecule has 0 bridgehead atoms. The molecule has 0 aliphatic carbocycles. The van der Waals surface area contributed by atoms with Crippen LogP contribution < -0.4 is 10.7 Å². The fourth-order valence-electron chi connectivity index (χ4n) is 4.56. The van der Waals surface area contributed by atoms with E-state index < -0.39 is 60.5 Å². The number of aromatic nitrogens is 1. The molecule has 2 aromatic rings. The highest BCUT2D eigenvalue weighted by atomic mass is 19.4. The van der Waals surface area contributed by atoms with E-state index in [1.807, 2.05) is 6.92 Å². The van der Waals surface area contributed by atoms with Crippen molar-refractivity contribution in [1.82, 2.24) is 9.88 Å². The summed E-state index contributed by atoms with van der Waals surface area (Å²) in [6.45, 7) is 6.58. The summed E-state index contributed by atoms with van der Waals surface area (Å²) in [4.78, 5) is 20.4. The number of guanidine groups is 1. The van der Waals surface area contributed by atoms with Gasteiger partial charge in [-0.25, -0.2) is 13.6 Å². The highest BCUT2D eigenvalue weighted by Crippen LogP contribution is 2.42. The smallest absolute Gasteiger partial charge is 0.416 e. The molecule has 0 saturated carbocycles. The molecule has 0 saturated heterocycles. The van der Waals surface area contributed by atoms with Gasteiger partial charge in [0, 0.05) is 23.8 Å². The van der Waals surface area contributed by atoms with E-state index in [-0.39, 0.29) is 12.0 Å². The van der Waals surface area contributed by atoms with Crippen LogP contribution in [-0.2, 0) is 17.5 Å². The quantitative estimate of drug-likeness (QED) is 0.103. The number of rotatable bonds is 6. The van der Waals surface area contributed by atoms with Crippen molar-refractivity contribution in [3.05, 3.63) is 58.4 Å². The summed E-state index contributed by atoms with van der Waals surface area (Å²) >= 11 is 0. The van der Waals surface area contributed by atoms with E-state index in [1.54, 1.807) is 32.9 Å². The number of ether oxygens (including phenoxy) is 1. The van der Waals surface area contributed by atoms with Crippen molar-refractivity contribution in [2.75, 3.05) is 4.90 Å². The van der Waals surface area contributed by atoms with Gasteiger partial charge >= 0.3 is 12.3 Å². The van der Waals surface area contributed by atoms with Crippen LogP contribution >= 0.6 is 0 Å². The molecule has 1 amide bonds. The average molecular weight is 556 g/mol. The second kappa shape index (κ2) is 11.9. The van der Waals surface area contributed by atoms with Crippen molar-refractivity contribution < 1.29 is 31.5 Å². The molecule has 9 nitrogen and oxygen atoms in total. The van der Waals surface area contributed by atoms with Crippen molar-refractivity contribution in [1.29, 1.82) is 5.41 Å². The highest BCUT2D eigenvalue weighted by molar-refractivity contribution is 5.90. The molecule has 14 heteroatoms. The number of nitrogens with two attached hydrogens (primary N) is 1. The standard InChI is InChI=1S/C25H30F5N7O2/c1-5-18-11-20(21-19(7-6-14(4)33-21)37(18)24(38)39-13(2)3)36(23(31)34-35-32)12-15-8-16(22(26)27)10-17(9-15)25(28,29)30/h6-10,13,18,20,22H,5,11-12H2,1-4H3,(H3,31,32,34). The summed E-state index contributed by atoms with van der Waals surface area (Å²) in [7, 11) is 0. The zero-order chi connectivity index (χ0) is 29.1. The largest absolute Gasteiger partial charge is 0.446 e. The molecule has 2 unspecified atom stereocenters. The molecule has 0 spiro atoms. The topological polar surface area (TPSA) is 120 Å².